The Hall–Kier alpha value is -0.610. The zero-order valence-electron chi connectivity index (χ0n) is 12.2. The number of aliphatic carboxylic acids is 1. The van der Waals surface area contributed by atoms with Crippen molar-refractivity contribution in [3.8, 4) is 0 Å². The monoisotopic (exact) mass is 269 g/mol. The first-order valence-electron chi connectivity index (χ1n) is 7.71. The maximum atomic E-state index is 11.4. The molecule has 4 atom stereocenters. The van der Waals surface area contributed by atoms with Gasteiger partial charge in [-0.25, -0.2) is 0 Å². The van der Waals surface area contributed by atoms with Crippen molar-refractivity contribution in [2.24, 2.45) is 11.8 Å². The van der Waals surface area contributed by atoms with Crippen LogP contribution in [0.3, 0.4) is 0 Å². The van der Waals surface area contributed by atoms with Gasteiger partial charge in [-0.05, 0) is 31.7 Å². The summed E-state index contributed by atoms with van der Waals surface area (Å²) in [5.41, 5.74) is 0. The summed E-state index contributed by atoms with van der Waals surface area (Å²) < 4.78 is 5.46. The van der Waals surface area contributed by atoms with E-state index in [0.717, 1.165) is 13.0 Å². The fraction of sp³-hybridized carbons (Fsp3) is 0.933. The standard InChI is InChI=1S/C15H27NO3/c1-3-8-16(13-7-5-4-6-11(13)2)14-10-19-9-12(14)15(17)18/h11-14H,3-10H2,1-2H3,(H,17,18). The van der Waals surface area contributed by atoms with Gasteiger partial charge in [-0.2, -0.15) is 0 Å². The predicted molar refractivity (Wildman–Crippen MR) is 74.1 cm³/mol. The Morgan fingerprint density at radius 1 is 1.26 bits per heavy atom. The second-order valence-corrected chi connectivity index (χ2v) is 6.12. The predicted octanol–water partition coefficient (Wildman–Crippen LogP) is 2.38. The number of hydrogen-bond acceptors (Lipinski definition) is 3. The number of nitrogens with zero attached hydrogens (tertiary/aromatic N) is 1. The van der Waals surface area contributed by atoms with E-state index >= 15 is 0 Å². The first-order chi connectivity index (χ1) is 9.15. The highest BCUT2D eigenvalue weighted by Gasteiger charge is 2.41. The molecule has 19 heavy (non-hydrogen) atoms. The van der Waals surface area contributed by atoms with Crippen LogP contribution in [0.15, 0.2) is 0 Å². The molecule has 1 heterocycles. The van der Waals surface area contributed by atoms with E-state index in [1.165, 1.54) is 25.7 Å². The summed E-state index contributed by atoms with van der Waals surface area (Å²) in [7, 11) is 0. The van der Waals surface area contributed by atoms with Crippen LogP contribution in [0, 0.1) is 11.8 Å². The molecule has 0 radical (unpaired) electrons. The Morgan fingerprint density at radius 3 is 2.63 bits per heavy atom. The van der Waals surface area contributed by atoms with Crippen molar-refractivity contribution in [2.75, 3.05) is 19.8 Å². The summed E-state index contributed by atoms with van der Waals surface area (Å²) in [6, 6.07) is 0.616. The molecule has 0 bridgehead atoms. The topological polar surface area (TPSA) is 49.8 Å². The maximum Gasteiger partial charge on any atom is 0.310 e. The summed E-state index contributed by atoms with van der Waals surface area (Å²) in [4.78, 5) is 13.8. The van der Waals surface area contributed by atoms with Crippen molar-refractivity contribution >= 4 is 5.97 Å². The van der Waals surface area contributed by atoms with Gasteiger partial charge >= 0.3 is 5.97 Å². The maximum absolute atomic E-state index is 11.4. The van der Waals surface area contributed by atoms with Crippen molar-refractivity contribution < 1.29 is 14.6 Å². The third-order valence-electron chi connectivity index (χ3n) is 4.77. The van der Waals surface area contributed by atoms with Gasteiger partial charge in [0.1, 0.15) is 0 Å². The van der Waals surface area contributed by atoms with E-state index in [1.807, 2.05) is 0 Å². The van der Waals surface area contributed by atoms with E-state index in [2.05, 4.69) is 18.7 Å². The molecule has 110 valence electrons. The molecule has 1 saturated heterocycles. The first kappa shape index (κ1) is 14.8. The van der Waals surface area contributed by atoms with Crippen LogP contribution in [-0.2, 0) is 9.53 Å². The Labute approximate surface area is 116 Å². The molecule has 0 aromatic carbocycles. The van der Waals surface area contributed by atoms with Gasteiger partial charge in [0.05, 0.1) is 19.1 Å². The third kappa shape index (κ3) is 3.29. The largest absolute Gasteiger partial charge is 0.481 e. The fourth-order valence-corrected chi connectivity index (χ4v) is 3.73. The fourth-order valence-electron chi connectivity index (χ4n) is 3.73. The third-order valence-corrected chi connectivity index (χ3v) is 4.77. The minimum absolute atomic E-state index is 0.0722. The minimum atomic E-state index is -0.702. The zero-order chi connectivity index (χ0) is 13.8. The molecule has 4 heteroatoms. The first-order valence-corrected chi connectivity index (χ1v) is 7.71. The smallest absolute Gasteiger partial charge is 0.310 e. The van der Waals surface area contributed by atoms with Gasteiger partial charge in [-0.15, -0.1) is 0 Å². The molecule has 2 fully saturated rings. The number of ether oxygens (including phenoxy) is 1. The normalized spacial score (nSPS) is 35.7. The molecule has 4 nitrogen and oxygen atoms in total. The van der Waals surface area contributed by atoms with Crippen LogP contribution in [0.5, 0.6) is 0 Å². The summed E-state index contributed by atoms with van der Waals surface area (Å²) >= 11 is 0. The molecule has 0 aromatic rings. The molecule has 1 aliphatic carbocycles. The van der Waals surface area contributed by atoms with E-state index in [9.17, 15) is 9.90 Å². The molecule has 1 saturated carbocycles. The lowest BCUT2D eigenvalue weighted by atomic mass is 9.83. The van der Waals surface area contributed by atoms with Crippen LogP contribution in [0.4, 0.5) is 0 Å². The molecule has 2 aliphatic rings. The van der Waals surface area contributed by atoms with Gasteiger partial charge in [-0.3, -0.25) is 9.69 Å². The lowest BCUT2D eigenvalue weighted by Crippen LogP contribution is -2.52. The highest BCUT2D eigenvalue weighted by molar-refractivity contribution is 5.71. The molecule has 1 N–H and O–H groups in total. The number of carbonyl (C=O) groups is 1. The second kappa shape index (κ2) is 6.71. The molecule has 0 amide bonds. The Kier molecular flexibility index (Phi) is 5.22. The summed E-state index contributed by atoms with van der Waals surface area (Å²) in [6.07, 6.45) is 6.16. The molecule has 0 spiro atoms. The van der Waals surface area contributed by atoms with Gasteiger partial charge in [0.25, 0.3) is 0 Å². The second-order valence-electron chi connectivity index (χ2n) is 6.12. The average molecular weight is 269 g/mol. The highest BCUT2D eigenvalue weighted by Crippen LogP contribution is 2.32. The number of hydrogen-bond donors (Lipinski definition) is 1. The molecule has 1 aliphatic heterocycles. The van der Waals surface area contributed by atoms with Crippen LogP contribution in [-0.4, -0.2) is 47.8 Å². The minimum Gasteiger partial charge on any atom is -0.481 e. The van der Waals surface area contributed by atoms with Gasteiger partial charge in [-0.1, -0.05) is 26.7 Å². The SMILES string of the molecule is CCCN(C1CCCCC1C)C1COCC1C(=O)O. The van der Waals surface area contributed by atoms with Crippen molar-refractivity contribution in [1.82, 2.24) is 4.90 Å². The quantitative estimate of drug-likeness (QED) is 0.832. The van der Waals surface area contributed by atoms with Gasteiger partial charge in [0, 0.05) is 12.1 Å². The molecular formula is C15H27NO3. The summed E-state index contributed by atoms with van der Waals surface area (Å²) in [5.74, 6) is -0.372. The van der Waals surface area contributed by atoms with Crippen LogP contribution in [0.25, 0.3) is 0 Å². The highest BCUT2D eigenvalue weighted by atomic mass is 16.5. The Balaban J connectivity index is 2.11. The van der Waals surface area contributed by atoms with Gasteiger partial charge in [0.15, 0.2) is 0 Å². The molecular weight excluding hydrogens is 242 g/mol. The van der Waals surface area contributed by atoms with E-state index in [-0.39, 0.29) is 12.0 Å². The van der Waals surface area contributed by atoms with E-state index < -0.39 is 5.97 Å². The van der Waals surface area contributed by atoms with Crippen molar-refractivity contribution in [3.05, 3.63) is 0 Å². The van der Waals surface area contributed by atoms with Crippen LogP contribution < -0.4 is 0 Å². The summed E-state index contributed by atoms with van der Waals surface area (Å²) in [5, 5.41) is 9.36. The molecule has 4 unspecified atom stereocenters. The van der Waals surface area contributed by atoms with Crippen LogP contribution in [0.2, 0.25) is 0 Å². The zero-order valence-corrected chi connectivity index (χ0v) is 12.2. The van der Waals surface area contributed by atoms with Crippen molar-refractivity contribution in [2.45, 2.75) is 58.0 Å². The van der Waals surface area contributed by atoms with E-state index in [4.69, 9.17) is 4.74 Å². The number of rotatable bonds is 5. The van der Waals surface area contributed by atoms with Crippen LogP contribution >= 0.6 is 0 Å². The Bertz CT molecular complexity index is 308. The van der Waals surface area contributed by atoms with Crippen molar-refractivity contribution in [3.63, 3.8) is 0 Å². The number of carboxylic acids is 1. The van der Waals surface area contributed by atoms with Gasteiger partial charge < -0.3 is 9.84 Å². The molecule has 2 rings (SSSR count). The lowest BCUT2D eigenvalue weighted by Gasteiger charge is -2.42. The van der Waals surface area contributed by atoms with Crippen LogP contribution in [0.1, 0.15) is 46.0 Å². The lowest BCUT2D eigenvalue weighted by molar-refractivity contribution is -0.143. The average Bonchev–Trinajstić information content (AvgIpc) is 2.86. The summed E-state index contributed by atoms with van der Waals surface area (Å²) in [6.45, 7) is 6.44. The van der Waals surface area contributed by atoms with Crippen molar-refractivity contribution in [1.29, 1.82) is 0 Å². The number of carboxylic acid groups (broad SMARTS) is 1. The van der Waals surface area contributed by atoms with E-state index in [1.54, 1.807) is 0 Å². The van der Waals surface area contributed by atoms with E-state index in [0.29, 0.717) is 25.2 Å². The van der Waals surface area contributed by atoms with Gasteiger partial charge in [0.2, 0.25) is 0 Å². The molecule has 0 aromatic heterocycles. The Morgan fingerprint density at radius 2 is 2.00 bits per heavy atom.